The number of nitrogens with one attached hydrogen (secondary N) is 1. The van der Waals surface area contributed by atoms with E-state index in [1.807, 2.05) is 0 Å². The Morgan fingerprint density at radius 1 is 1.12 bits per heavy atom. The molecule has 0 amide bonds. The summed E-state index contributed by atoms with van der Waals surface area (Å²) in [6.45, 7) is 1.11. The van der Waals surface area contributed by atoms with Crippen LogP contribution in [0.5, 0.6) is 0 Å². The number of halogens is 1. The topological polar surface area (TPSA) is 94.8 Å². The van der Waals surface area contributed by atoms with Gasteiger partial charge in [0.1, 0.15) is 0 Å². The molecule has 2 heterocycles. The van der Waals surface area contributed by atoms with Crippen LogP contribution in [0.1, 0.15) is 24.4 Å². The first-order valence-corrected chi connectivity index (χ1v) is 11.0. The third-order valence-corrected chi connectivity index (χ3v) is 5.57. The summed E-state index contributed by atoms with van der Waals surface area (Å²) >= 11 is 3.69. The number of para-hydroxylation sites is 2. The third kappa shape index (κ3) is 5.77. The molecule has 1 atom stereocenters. The summed E-state index contributed by atoms with van der Waals surface area (Å²) < 4.78 is 3.47. The van der Waals surface area contributed by atoms with Gasteiger partial charge in [0.05, 0.1) is 22.9 Å². The number of anilines is 1. The van der Waals surface area contributed by atoms with E-state index in [2.05, 4.69) is 93.5 Å². The van der Waals surface area contributed by atoms with Gasteiger partial charge in [0.15, 0.2) is 0 Å². The molecule has 1 aromatic heterocycles. The molecule has 0 fully saturated rings. The summed E-state index contributed by atoms with van der Waals surface area (Å²) in [6.07, 6.45) is 5.58. The van der Waals surface area contributed by atoms with E-state index in [0.717, 1.165) is 17.4 Å². The maximum absolute atomic E-state index is 9.55. The summed E-state index contributed by atoms with van der Waals surface area (Å²) in [5, 5.41) is 20.7. The molecular formula is C24H26BrN3O4. The molecule has 3 aromatic rings. The number of hydrogen-bond donors (Lipinski definition) is 3. The first kappa shape index (κ1) is 23.6. The number of carboxylic acids is 2. The largest absolute Gasteiger partial charge is 0.478 e. The molecule has 32 heavy (non-hydrogen) atoms. The van der Waals surface area contributed by atoms with Crippen LogP contribution in [-0.2, 0) is 9.59 Å². The smallest absolute Gasteiger partial charge is 0.328 e. The molecule has 0 bridgehead atoms. The quantitative estimate of drug-likeness (QED) is 0.417. The molecule has 1 aliphatic rings. The molecule has 0 radical (unpaired) electrons. The van der Waals surface area contributed by atoms with Crippen molar-refractivity contribution < 1.29 is 19.8 Å². The minimum absolute atomic E-state index is 0.322. The second-order valence-corrected chi connectivity index (χ2v) is 8.70. The van der Waals surface area contributed by atoms with Gasteiger partial charge >= 0.3 is 11.9 Å². The van der Waals surface area contributed by atoms with Gasteiger partial charge in [-0.05, 0) is 63.8 Å². The zero-order valence-corrected chi connectivity index (χ0v) is 19.5. The van der Waals surface area contributed by atoms with Gasteiger partial charge in [-0.2, -0.15) is 0 Å². The lowest BCUT2D eigenvalue weighted by Gasteiger charge is -2.21. The fourth-order valence-electron chi connectivity index (χ4n) is 3.80. The Morgan fingerprint density at radius 2 is 1.81 bits per heavy atom. The van der Waals surface area contributed by atoms with E-state index in [1.54, 1.807) is 0 Å². The maximum Gasteiger partial charge on any atom is 0.328 e. The van der Waals surface area contributed by atoms with Crippen LogP contribution in [0, 0.1) is 0 Å². The first-order valence-electron chi connectivity index (χ1n) is 10.2. The molecule has 0 saturated carbocycles. The van der Waals surface area contributed by atoms with Crippen molar-refractivity contribution >= 4 is 44.5 Å². The molecule has 2 aromatic carbocycles. The van der Waals surface area contributed by atoms with Crippen molar-refractivity contribution in [3.8, 4) is 5.69 Å². The van der Waals surface area contributed by atoms with Gasteiger partial charge in [-0.25, -0.2) is 9.59 Å². The highest BCUT2D eigenvalue weighted by atomic mass is 79.9. The molecule has 1 unspecified atom stereocenters. The monoisotopic (exact) mass is 499 g/mol. The summed E-state index contributed by atoms with van der Waals surface area (Å²) in [4.78, 5) is 21.4. The summed E-state index contributed by atoms with van der Waals surface area (Å²) in [6, 6.07) is 15.6. The standard InChI is InChI=1S/C20H22BrN3.C4H4O4/c1-23(2)10-5-7-17-16-13-15(21)12-14-9-11-24(20(14)16)19-8-4-3-6-18(19)22-17;5-3(6)1-2-4(7)8/h3-4,6,8-9,11-13,17,22H,5,7,10H2,1-2H3;1-2H,(H,5,6)(H,7,8)/b;2-1+. The van der Waals surface area contributed by atoms with Crippen LogP contribution in [0.3, 0.4) is 0 Å². The fourth-order valence-corrected chi connectivity index (χ4v) is 4.29. The molecular weight excluding hydrogens is 474 g/mol. The number of benzene rings is 2. The molecule has 0 aliphatic carbocycles. The van der Waals surface area contributed by atoms with E-state index in [0.29, 0.717) is 18.2 Å². The van der Waals surface area contributed by atoms with Crippen molar-refractivity contribution in [2.75, 3.05) is 26.0 Å². The minimum Gasteiger partial charge on any atom is -0.478 e. The first-order chi connectivity index (χ1) is 15.3. The Hall–Kier alpha value is -3.10. The molecule has 0 spiro atoms. The number of aromatic nitrogens is 1. The highest BCUT2D eigenvalue weighted by Crippen LogP contribution is 2.39. The van der Waals surface area contributed by atoms with Crippen molar-refractivity contribution in [1.29, 1.82) is 0 Å². The second kappa shape index (κ2) is 10.5. The molecule has 7 nitrogen and oxygen atoms in total. The van der Waals surface area contributed by atoms with Crippen molar-refractivity contribution in [3.63, 3.8) is 0 Å². The lowest BCUT2D eigenvalue weighted by Crippen LogP contribution is -2.16. The molecule has 4 rings (SSSR count). The number of fused-ring (bicyclic) bond motifs is 2. The third-order valence-electron chi connectivity index (χ3n) is 5.11. The van der Waals surface area contributed by atoms with Gasteiger partial charge in [0, 0.05) is 33.8 Å². The average Bonchev–Trinajstić information content (AvgIpc) is 3.09. The number of hydrogen-bond acceptors (Lipinski definition) is 4. The fraction of sp³-hybridized carbons (Fsp3) is 0.250. The zero-order valence-electron chi connectivity index (χ0n) is 18.0. The number of carboxylic acid groups (broad SMARTS) is 2. The average molecular weight is 500 g/mol. The van der Waals surface area contributed by atoms with Crippen molar-refractivity contribution in [2.24, 2.45) is 0 Å². The predicted octanol–water partition coefficient (Wildman–Crippen LogP) is 4.91. The van der Waals surface area contributed by atoms with Crippen LogP contribution in [0.25, 0.3) is 16.6 Å². The van der Waals surface area contributed by atoms with Crippen molar-refractivity contribution in [2.45, 2.75) is 18.9 Å². The van der Waals surface area contributed by atoms with Gasteiger partial charge in [-0.15, -0.1) is 0 Å². The minimum atomic E-state index is -1.26. The van der Waals surface area contributed by atoms with E-state index in [4.69, 9.17) is 10.2 Å². The van der Waals surface area contributed by atoms with E-state index < -0.39 is 11.9 Å². The number of aliphatic carboxylic acids is 2. The predicted molar refractivity (Wildman–Crippen MR) is 130 cm³/mol. The molecule has 168 valence electrons. The van der Waals surface area contributed by atoms with E-state index in [1.165, 1.54) is 34.3 Å². The Balaban J connectivity index is 0.000000312. The highest BCUT2D eigenvalue weighted by Gasteiger charge is 2.23. The van der Waals surface area contributed by atoms with Gasteiger partial charge in [-0.1, -0.05) is 28.1 Å². The van der Waals surface area contributed by atoms with E-state index in [9.17, 15) is 9.59 Å². The zero-order chi connectivity index (χ0) is 23.3. The Bertz CT molecular complexity index is 1140. The van der Waals surface area contributed by atoms with Crippen molar-refractivity contribution in [3.05, 3.63) is 70.8 Å². The molecule has 1 aliphatic heterocycles. The summed E-state index contributed by atoms with van der Waals surface area (Å²) in [7, 11) is 4.27. The second-order valence-electron chi connectivity index (χ2n) is 7.79. The van der Waals surface area contributed by atoms with E-state index in [-0.39, 0.29) is 0 Å². The lowest BCUT2D eigenvalue weighted by molar-refractivity contribution is -0.134. The SMILES string of the molecule is CN(C)CCCC1Nc2ccccc2-n2ccc3cc(Br)cc1c32.O=C(O)/C=C/C(=O)O. The van der Waals surface area contributed by atoms with Crippen LogP contribution in [-0.4, -0.2) is 52.3 Å². The van der Waals surface area contributed by atoms with Gasteiger partial charge < -0.3 is 25.0 Å². The molecule has 8 heteroatoms. The summed E-state index contributed by atoms with van der Waals surface area (Å²) in [5.41, 5.74) is 5.13. The number of carbonyl (C=O) groups is 2. The summed E-state index contributed by atoms with van der Waals surface area (Å²) in [5.74, 6) is -2.51. The Morgan fingerprint density at radius 3 is 2.47 bits per heavy atom. The van der Waals surface area contributed by atoms with Crippen LogP contribution >= 0.6 is 15.9 Å². The highest BCUT2D eigenvalue weighted by molar-refractivity contribution is 9.10. The Kier molecular flexibility index (Phi) is 7.71. The van der Waals surface area contributed by atoms with Gasteiger partial charge in [0.25, 0.3) is 0 Å². The van der Waals surface area contributed by atoms with Crippen LogP contribution in [0.4, 0.5) is 5.69 Å². The van der Waals surface area contributed by atoms with Gasteiger partial charge in [0.2, 0.25) is 0 Å². The number of nitrogens with zero attached hydrogens (tertiary/aromatic N) is 2. The van der Waals surface area contributed by atoms with Gasteiger partial charge in [-0.3, -0.25) is 0 Å². The van der Waals surface area contributed by atoms with Crippen LogP contribution in [0.2, 0.25) is 0 Å². The normalized spacial score (nSPS) is 14.4. The Labute approximate surface area is 195 Å². The van der Waals surface area contributed by atoms with E-state index >= 15 is 0 Å². The number of rotatable bonds is 6. The maximum atomic E-state index is 9.55. The lowest BCUT2D eigenvalue weighted by atomic mass is 9.99. The molecule has 3 N–H and O–H groups in total. The van der Waals surface area contributed by atoms with Crippen LogP contribution in [0.15, 0.2) is 65.3 Å². The van der Waals surface area contributed by atoms with Crippen molar-refractivity contribution in [1.82, 2.24) is 9.47 Å². The molecule has 0 saturated heterocycles. The van der Waals surface area contributed by atoms with Crippen LogP contribution < -0.4 is 5.32 Å².